The summed E-state index contributed by atoms with van der Waals surface area (Å²) in [5, 5.41) is 0.614. The van der Waals surface area contributed by atoms with Crippen LogP contribution in [-0.2, 0) is 9.53 Å². The first-order valence-corrected chi connectivity index (χ1v) is 9.21. The molecule has 0 radical (unpaired) electrons. The summed E-state index contributed by atoms with van der Waals surface area (Å²) in [7, 11) is 1.30. The molecule has 0 aliphatic carbocycles. The zero-order valence-electron chi connectivity index (χ0n) is 15.3. The molecule has 2 aromatic rings. The van der Waals surface area contributed by atoms with Gasteiger partial charge in [-0.15, -0.1) is 0 Å². The molecule has 1 heterocycles. The van der Waals surface area contributed by atoms with Crippen molar-refractivity contribution in [3.8, 4) is 0 Å². The number of carbonyl (C=O) groups is 3. The smallest absolute Gasteiger partial charge is 0.330 e. The van der Waals surface area contributed by atoms with Gasteiger partial charge in [-0.05, 0) is 42.7 Å². The number of ether oxygens (including phenoxy) is 1. The van der Waals surface area contributed by atoms with E-state index in [1.165, 1.54) is 12.0 Å². The van der Waals surface area contributed by atoms with Crippen molar-refractivity contribution in [3.05, 3.63) is 70.2 Å². The zero-order valence-corrected chi connectivity index (χ0v) is 16.1. The third kappa shape index (κ3) is 4.28. The summed E-state index contributed by atoms with van der Waals surface area (Å²) in [4.78, 5) is 42.3. The molecule has 7 heteroatoms. The van der Waals surface area contributed by atoms with Gasteiger partial charge in [0.1, 0.15) is 6.04 Å². The minimum absolute atomic E-state index is 0.219. The van der Waals surface area contributed by atoms with Gasteiger partial charge in [-0.2, -0.15) is 0 Å². The van der Waals surface area contributed by atoms with Gasteiger partial charge < -0.3 is 4.74 Å². The molecule has 0 saturated carbocycles. The Morgan fingerprint density at radius 2 is 1.71 bits per heavy atom. The maximum Gasteiger partial charge on any atom is 0.330 e. The lowest BCUT2D eigenvalue weighted by Crippen LogP contribution is -2.31. The first-order chi connectivity index (χ1) is 13.5. The van der Waals surface area contributed by atoms with Crippen molar-refractivity contribution >= 4 is 35.6 Å². The Balaban J connectivity index is 1.62. The summed E-state index contributed by atoms with van der Waals surface area (Å²) < 4.78 is 4.81. The Hall–Kier alpha value is -2.99. The molecular formula is C21H19ClN2O4. The maximum atomic E-state index is 12.4. The minimum Gasteiger partial charge on any atom is -0.467 e. The summed E-state index contributed by atoms with van der Waals surface area (Å²) in [5.41, 5.74) is 1.63. The minimum atomic E-state index is -0.712. The van der Waals surface area contributed by atoms with Crippen molar-refractivity contribution < 1.29 is 19.1 Å². The van der Waals surface area contributed by atoms with Crippen LogP contribution in [0.4, 0.5) is 0 Å². The molecule has 1 aliphatic rings. The van der Waals surface area contributed by atoms with Gasteiger partial charge in [0.05, 0.1) is 18.2 Å². The lowest BCUT2D eigenvalue weighted by molar-refractivity contribution is -0.142. The number of benzene rings is 2. The molecule has 28 heavy (non-hydrogen) atoms. The lowest BCUT2D eigenvalue weighted by atomic mass is 10.1. The molecule has 0 aromatic heterocycles. The van der Waals surface area contributed by atoms with E-state index in [2.05, 4.69) is 4.99 Å². The van der Waals surface area contributed by atoms with Crippen LogP contribution in [-0.4, -0.2) is 48.6 Å². The van der Waals surface area contributed by atoms with E-state index in [1.54, 1.807) is 54.7 Å². The van der Waals surface area contributed by atoms with Crippen molar-refractivity contribution in [1.82, 2.24) is 4.90 Å². The number of esters is 1. The van der Waals surface area contributed by atoms with E-state index in [-0.39, 0.29) is 18.4 Å². The van der Waals surface area contributed by atoms with Crippen LogP contribution in [0.3, 0.4) is 0 Å². The van der Waals surface area contributed by atoms with Crippen molar-refractivity contribution in [2.75, 3.05) is 13.7 Å². The van der Waals surface area contributed by atoms with Crippen LogP contribution in [0.5, 0.6) is 0 Å². The second-order valence-corrected chi connectivity index (χ2v) is 6.75. The van der Waals surface area contributed by atoms with Crippen LogP contribution in [0.15, 0.2) is 53.5 Å². The standard InChI is InChI=1S/C21H19ClN2O4/c1-28-21(27)18(23-13-14-8-10-15(22)11-9-14)7-4-12-24-19(25)16-5-2-3-6-17(16)20(24)26/h2-3,5-6,8-11,13,18H,4,7,12H2,1H3. The number of hydrogen-bond acceptors (Lipinski definition) is 5. The highest BCUT2D eigenvalue weighted by Gasteiger charge is 2.34. The number of aliphatic imine (C=N–C) groups is 1. The van der Waals surface area contributed by atoms with Crippen LogP contribution in [0.25, 0.3) is 0 Å². The molecule has 2 aromatic carbocycles. The number of amides is 2. The predicted molar refractivity (Wildman–Crippen MR) is 106 cm³/mol. The zero-order chi connectivity index (χ0) is 20.1. The monoisotopic (exact) mass is 398 g/mol. The second kappa shape index (κ2) is 8.80. The molecule has 0 N–H and O–H groups in total. The number of hydrogen-bond donors (Lipinski definition) is 0. The van der Waals surface area contributed by atoms with E-state index < -0.39 is 12.0 Å². The van der Waals surface area contributed by atoms with Crippen molar-refractivity contribution in [1.29, 1.82) is 0 Å². The molecule has 1 aliphatic heterocycles. The summed E-state index contributed by atoms with van der Waals surface area (Å²) in [6, 6.07) is 13.1. The SMILES string of the molecule is COC(=O)C(CCCN1C(=O)c2ccccc2C1=O)N=Cc1ccc(Cl)cc1. The maximum absolute atomic E-state index is 12.4. The topological polar surface area (TPSA) is 76.0 Å². The van der Waals surface area contributed by atoms with Gasteiger partial charge in [-0.1, -0.05) is 35.9 Å². The predicted octanol–water partition coefficient (Wildman–Crippen LogP) is 3.38. The first-order valence-electron chi connectivity index (χ1n) is 8.83. The number of carbonyl (C=O) groups excluding carboxylic acids is 3. The van der Waals surface area contributed by atoms with Crippen LogP contribution in [0.1, 0.15) is 39.1 Å². The largest absolute Gasteiger partial charge is 0.467 e. The Labute approximate surface area is 167 Å². The highest BCUT2D eigenvalue weighted by molar-refractivity contribution is 6.30. The Bertz CT molecular complexity index is 889. The fraction of sp³-hybridized carbons (Fsp3) is 0.238. The molecule has 144 valence electrons. The number of rotatable bonds is 7. The molecule has 0 spiro atoms. The van der Waals surface area contributed by atoms with Gasteiger partial charge >= 0.3 is 5.97 Å². The van der Waals surface area contributed by atoms with E-state index in [4.69, 9.17) is 16.3 Å². The molecule has 0 bridgehead atoms. The summed E-state index contributed by atoms with van der Waals surface area (Å²) in [6.45, 7) is 0.219. The van der Waals surface area contributed by atoms with E-state index in [1.807, 2.05) is 0 Å². The summed E-state index contributed by atoms with van der Waals surface area (Å²) >= 11 is 5.86. The first kappa shape index (κ1) is 19.8. The lowest BCUT2D eigenvalue weighted by Gasteiger charge is -2.15. The van der Waals surface area contributed by atoms with Gasteiger partial charge in [0.25, 0.3) is 11.8 Å². The number of methoxy groups -OCH3 is 1. The molecule has 1 unspecified atom stereocenters. The summed E-state index contributed by atoms with van der Waals surface area (Å²) in [6.07, 6.45) is 2.37. The average molecular weight is 399 g/mol. The van der Waals surface area contributed by atoms with E-state index in [9.17, 15) is 14.4 Å². The molecule has 6 nitrogen and oxygen atoms in total. The van der Waals surface area contributed by atoms with Gasteiger partial charge in [0.2, 0.25) is 0 Å². The molecule has 0 saturated heterocycles. The van der Waals surface area contributed by atoms with Crippen molar-refractivity contribution in [2.45, 2.75) is 18.9 Å². The van der Waals surface area contributed by atoms with Crippen molar-refractivity contribution in [2.24, 2.45) is 4.99 Å². The number of imide groups is 1. The van der Waals surface area contributed by atoms with Gasteiger partial charge in [-0.25, -0.2) is 4.79 Å². The molecule has 0 fully saturated rings. The fourth-order valence-electron chi connectivity index (χ4n) is 3.00. The van der Waals surface area contributed by atoms with Gasteiger partial charge in [0.15, 0.2) is 0 Å². The van der Waals surface area contributed by atoms with Crippen LogP contribution in [0.2, 0.25) is 5.02 Å². The summed E-state index contributed by atoms with van der Waals surface area (Å²) in [5.74, 6) is -1.08. The number of fused-ring (bicyclic) bond motifs is 1. The highest BCUT2D eigenvalue weighted by atomic mass is 35.5. The van der Waals surface area contributed by atoms with Gasteiger partial charge in [0, 0.05) is 17.8 Å². The van der Waals surface area contributed by atoms with E-state index in [0.29, 0.717) is 29.0 Å². The molecule has 2 amide bonds. The number of nitrogens with zero attached hydrogens (tertiary/aromatic N) is 2. The van der Waals surface area contributed by atoms with Crippen LogP contribution >= 0.6 is 11.6 Å². The molecule has 1 atom stereocenters. The van der Waals surface area contributed by atoms with Gasteiger partial charge in [-0.3, -0.25) is 19.5 Å². The second-order valence-electron chi connectivity index (χ2n) is 6.32. The third-order valence-corrected chi connectivity index (χ3v) is 4.74. The molecular weight excluding hydrogens is 380 g/mol. The Morgan fingerprint density at radius 1 is 1.11 bits per heavy atom. The van der Waals surface area contributed by atoms with E-state index >= 15 is 0 Å². The quantitative estimate of drug-likeness (QED) is 0.407. The fourth-order valence-corrected chi connectivity index (χ4v) is 3.13. The Morgan fingerprint density at radius 3 is 2.29 bits per heavy atom. The average Bonchev–Trinajstić information content (AvgIpc) is 2.96. The number of halogens is 1. The normalized spacial score (nSPS) is 14.4. The molecule has 3 rings (SSSR count). The third-order valence-electron chi connectivity index (χ3n) is 4.48. The Kier molecular flexibility index (Phi) is 6.21. The highest BCUT2D eigenvalue weighted by Crippen LogP contribution is 2.23. The van der Waals surface area contributed by atoms with Crippen LogP contribution < -0.4 is 0 Å². The van der Waals surface area contributed by atoms with Crippen molar-refractivity contribution in [3.63, 3.8) is 0 Å². The van der Waals surface area contributed by atoms with Crippen LogP contribution in [0, 0.1) is 0 Å². The van der Waals surface area contributed by atoms with E-state index in [0.717, 1.165) is 5.56 Å².